The Morgan fingerprint density at radius 3 is 2.68 bits per heavy atom. The smallest absolute Gasteiger partial charge is 0.232 e. The standard InChI is InChI=1S/C22H23ClN2O3/c1-14-10-18(26)17(13-25-8-6-24(2)7-9-25)22-20(14)21(27)19(28-22)12-15-4-3-5-16(23)11-15/h3-5,10-12,26H,6-9,13H2,1-2H3/b19-12-. The summed E-state index contributed by atoms with van der Waals surface area (Å²) in [7, 11) is 2.10. The third-order valence-corrected chi connectivity index (χ3v) is 5.58. The van der Waals surface area contributed by atoms with Crippen molar-refractivity contribution >= 4 is 23.5 Å². The fraction of sp³-hybridized carbons (Fsp3) is 0.318. The van der Waals surface area contributed by atoms with E-state index in [1.165, 1.54) is 0 Å². The molecule has 2 aromatic carbocycles. The van der Waals surface area contributed by atoms with Gasteiger partial charge in [-0.2, -0.15) is 0 Å². The third-order valence-electron chi connectivity index (χ3n) is 5.34. The number of carbonyl (C=O) groups is 1. The summed E-state index contributed by atoms with van der Waals surface area (Å²) >= 11 is 6.05. The maximum atomic E-state index is 13.0. The van der Waals surface area contributed by atoms with E-state index < -0.39 is 0 Å². The number of benzene rings is 2. The zero-order valence-electron chi connectivity index (χ0n) is 16.0. The van der Waals surface area contributed by atoms with E-state index in [0.29, 0.717) is 34.0 Å². The van der Waals surface area contributed by atoms with Crippen molar-refractivity contribution in [3.63, 3.8) is 0 Å². The summed E-state index contributed by atoms with van der Waals surface area (Å²) in [6.07, 6.45) is 1.70. The summed E-state index contributed by atoms with van der Waals surface area (Å²) in [4.78, 5) is 17.5. The van der Waals surface area contributed by atoms with Crippen LogP contribution in [0.5, 0.6) is 11.5 Å². The highest BCUT2D eigenvalue weighted by Gasteiger charge is 2.33. The number of halogens is 1. The van der Waals surface area contributed by atoms with Gasteiger partial charge in [0.05, 0.1) is 11.1 Å². The first-order valence-corrected chi connectivity index (χ1v) is 9.76. The van der Waals surface area contributed by atoms with Crippen LogP contribution in [0.25, 0.3) is 6.08 Å². The van der Waals surface area contributed by atoms with Crippen molar-refractivity contribution in [2.45, 2.75) is 13.5 Å². The van der Waals surface area contributed by atoms with Gasteiger partial charge in [0.15, 0.2) is 5.76 Å². The second-order valence-electron chi connectivity index (χ2n) is 7.47. The fourth-order valence-corrected chi connectivity index (χ4v) is 3.91. The zero-order valence-corrected chi connectivity index (χ0v) is 16.8. The number of phenols is 1. The molecule has 4 rings (SSSR count). The van der Waals surface area contributed by atoms with E-state index in [-0.39, 0.29) is 17.3 Å². The fourth-order valence-electron chi connectivity index (χ4n) is 3.71. The molecule has 6 heteroatoms. The lowest BCUT2D eigenvalue weighted by atomic mass is 9.99. The Hall–Kier alpha value is -2.34. The molecule has 2 aliphatic rings. The summed E-state index contributed by atoms with van der Waals surface area (Å²) in [5.74, 6) is 0.749. The number of Topliss-reactive ketones (excluding diaryl/α,β-unsaturated/α-hetero) is 1. The second kappa shape index (κ2) is 7.59. The van der Waals surface area contributed by atoms with Crippen LogP contribution in [0.4, 0.5) is 0 Å². The average molecular weight is 399 g/mol. The predicted molar refractivity (Wildman–Crippen MR) is 110 cm³/mol. The number of hydrogen-bond acceptors (Lipinski definition) is 5. The van der Waals surface area contributed by atoms with Crippen LogP contribution in [0.3, 0.4) is 0 Å². The number of rotatable bonds is 3. The molecule has 2 heterocycles. The number of ketones is 1. The highest BCUT2D eigenvalue weighted by atomic mass is 35.5. The van der Waals surface area contributed by atoms with Gasteiger partial charge >= 0.3 is 0 Å². The summed E-state index contributed by atoms with van der Waals surface area (Å²) < 4.78 is 5.99. The lowest BCUT2D eigenvalue weighted by Gasteiger charge is -2.32. The van der Waals surface area contributed by atoms with E-state index >= 15 is 0 Å². The van der Waals surface area contributed by atoms with E-state index in [1.54, 1.807) is 24.3 Å². The van der Waals surface area contributed by atoms with E-state index in [4.69, 9.17) is 16.3 Å². The minimum absolute atomic E-state index is 0.160. The maximum absolute atomic E-state index is 13.0. The lowest BCUT2D eigenvalue weighted by Crippen LogP contribution is -2.43. The van der Waals surface area contributed by atoms with Crippen molar-refractivity contribution in [1.82, 2.24) is 9.80 Å². The Labute approximate surface area is 169 Å². The van der Waals surface area contributed by atoms with Crippen LogP contribution in [-0.2, 0) is 6.54 Å². The lowest BCUT2D eigenvalue weighted by molar-refractivity contribution is 0.101. The van der Waals surface area contributed by atoms with Crippen LogP contribution < -0.4 is 4.74 Å². The second-order valence-corrected chi connectivity index (χ2v) is 7.91. The molecule has 0 aliphatic carbocycles. The topological polar surface area (TPSA) is 53.0 Å². The Balaban J connectivity index is 1.68. The van der Waals surface area contributed by atoms with Crippen molar-refractivity contribution in [3.05, 3.63) is 63.4 Å². The van der Waals surface area contributed by atoms with Crippen molar-refractivity contribution < 1.29 is 14.6 Å². The van der Waals surface area contributed by atoms with Gasteiger partial charge in [0, 0.05) is 37.7 Å². The Kier molecular flexibility index (Phi) is 5.15. The molecule has 0 amide bonds. The SMILES string of the molecule is Cc1cc(O)c(CN2CCN(C)CC2)c2c1C(=O)/C(=C/c1cccc(Cl)c1)O2. The van der Waals surface area contributed by atoms with Crippen LogP contribution in [0.1, 0.15) is 27.0 Å². The third kappa shape index (κ3) is 3.65. The molecule has 0 saturated carbocycles. The summed E-state index contributed by atoms with van der Waals surface area (Å²) in [6.45, 7) is 6.17. The molecule has 5 nitrogen and oxygen atoms in total. The molecule has 1 fully saturated rings. The van der Waals surface area contributed by atoms with Crippen LogP contribution in [-0.4, -0.2) is 53.9 Å². The first-order valence-electron chi connectivity index (χ1n) is 9.38. The van der Waals surface area contributed by atoms with Crippen molar-refractivity contribution in [3.8, 4) is 11.5 Å². The number of ether oxygens (including phenoxy) is 1. The number of fused-ring (bicyclic) bond motifs is 1. The number of phenolic OH excluding ortho intramolecular Hbond substituents is 1. The molecule has 1 saturated heterocycles. The number of aryl methyl sites for hydroxylation is 1. The van der Waals surface area contributed by atoms with E-state index in [0.717, 1.165) is 31.7 Å². The highest BCUT2D eigenvalue weighted by molar-refractivity contribution is 6.30. The van der Waals surface area contributed by atoms with Gasteiger partial charge in [0.1, 0.15) is 11.5 Å². The van der Waals surface area contributed by atoms with Crippen LogP contribution in [0.2, 0.25) is 5.02 Å². The van der Waals surface area contributed by atoms with Gasteiger partial charge in [-0.3, -0.25) is 9.69 Å². The van der Waals surface area contributed by atoms with Gasteiger partial charge in [-0.25, -0.2) is 0 Å². The molecular weight excluding hydrogens is 376 g/mol. The molecule has 0 bridgehead atoms. The van der Waals surface area contributed by atoms with Crippen molar-refractivity contribution in [1.29, 1.82) is 0 Å². The number of nitrogens with zero attached hydrogens (tertiary/aromatic N) is 2. The number of allylic oxidation sites excluding steroid dienone is 1. The largest absolute Gasteiger partial charge is 0.507 e. The molecule has 0 unspecified atom stereocenters. The number of hydrogen-bond donors (Lipinski definition) is 1. The Morgan fingerprint density at radius 1 is 1.21 bits per heavy atom. The highest BCUT2D eigenvalue weighted by Crippen LogP contribution is 2.42. The van der Waals surface area contributed by atoms with Crippen molar-refractivity contribution in [2.24, 2.45) is 0 Å². The van der Waals surface area contributed by atoms with Gasteiger partial charge < -0.3 is 14.7 Å². The van der Waals surface area contributed by atoms with E-state index in [1.807, 2.05) is 19.1 Å². The van der Waals surface area contributed by atoms with Crippen molar-refractivity contribution in [2.75, 3.05) is 33.2 Å². The monoisotopic (exact) mass is 398 g/mol. The maximum Gasteiger partial charge on any atom is 0.232 e. The molecule has 0 radical (unpaired) electrons. The Bertz CT molecular complexity index is 962. The summed E-state index contributed by atoms with van der Waals surface area (Å²) in [5.41, 5.74) is 2.73. The quantitative estimate of drug-likeness (QED) is 0.798. The van der Waals surface area contributed by atoms with Gasteiger partial charge in [0.2, 0.25) is 5.78 Å². The summed E-state index contributed by atoms with van der Waals surface area (Å²) in [6, 6.07) is 8.93. The molecule has 146 valence electrons. The van der Waals surface area contributed by atoms with Gasteiger partial charge in [-0.05, 0) is 49.4 Å². The molecular formula is C22H23ClN2O3. The zero-order chi connectivity index (χ0) is 19.8. The van der Waals surface area contributed by atoms with E-state index in [9.17, 15) is 9.90 Å². The molecule has 28 heavy (non-hydrogen) atoms. The minimum Gasteiger partial charge on any atom is -0.507 e. The number of carbonyl (C=O) groups excluding carboxylic acids is 1. The first kappa shape index (κ1) is 19.0. The minimum atomic E-state index is -0.160. The van der Waals surface area contributed by atoms with Gasteiger partial charge in [-0.1, -0.05) is 23.7 Å². The van der Waals surface area contributed by atoms with Crippen LogP contribution >= 0.6 is 11.6 Å². The van der Waals surface area contributed by atoms with Crippen LogP contribution in [0.15, 0.2) is 36.1 Å². The predicted octanol–water partition coefficient (Wildman–Crippen LogP) is 3.72. The molecule has 0 spiro atoms. The molecule has 2 aliphatic heterocycles. The average Bonchev–Trinajstić information content (AvgIpc) is 2.97. The Morgan fingerprint density at radius 2 is 1.96 bits per heavy atom. The normalized spacial score (nSPS) is 19.1. The summed E-state index contributed by atoms with van der Waals surface area (Å²) in [5, 5.41) is 11.2. The molecule has 0 aromatic heterocycles. The molecule has 2 aromatic rings. The van der Waals surface area contributed by atoms with Gasteiger partial charge in [-0.15, -0.1) is 0 Å². The number of piperazine rings is 1. The number of likely N-dealkylation sites (N-methyl/N-ethyl adjacent to an activating group) is 1. The first-order chi connectivity index (χ1) is 13.4. The molecule has 0 atom stereocenters. The van der Waals surface area contributed by atoms with Crippen LogP contribution in [0, 0.1) is 6.92 Å². The number of aromatic hydroxyl groups is 1. The molecule has 1 N–H and O–H groups in total. The van der Waals surface area contributed by atoms with Gasteiger partial charge in [0.25, 0.3) is 0 Å². The van der Waals surface area contributed by atoms with E-state index in [2.05, 4.69) is 16.8 Å².